The number of halogens is 1. The molecule has 1 N–H and O–H groups in total. The molecule has 0 saturated carbocycles. The zero-order valence-electron chi connectivity index (χ0n) is 9.92. The maximum Gasteiger partial charge on any atom is 0.221 e. The van der Waals surface area contributed by atoms with Crippen LogP contribution in [0.1, 0.15) is 32.1 Å². The number of nitrogens with zero attached hydrogens (tertiary/aromatic N) is 1. The van der Waals surface area contributed by atoms with Crippen molar-refractivity contribution in [2.45, 2.75) is 44.2 Å². The van der Waals surface area contributed by atoms with E-state index in [1.54, 1.807) is 0 Å². The number of nitrogens with one attached hydrogen (secondary N) is 1. The molecule has 0 aromatic heterocycles. The number of piperidine rings is 1. The van der Waals surface area contributed by atoms with Gasteiger partial charge < -0.3 is 10.2 Å². The molecule has 16 heavy (non-hydrogen) atoms. The Morgan fingerprint density at radius 3 is 2.56 bits per heavy atom. The van der Waals surface area contributed by atoms with Gasteiger partial charge in [-0.1, -0.05) is 0 Å². The fraction of sp³-hybridized carbons (Fsp3) is 0.917. The van der Waals surface area contributed by atoms with Crippen molar-refractivity contribution >= 4 is 17.5 Å². The molecule has 2 aliphatic heterocycles. The van der Waals surface area contributed by atoms with Gasteiger partial charge in [0.25, 0.3) is 0 Å². The summed E-state index contributed by atoms with van der Waals surface area (Å²) in [6.45, 7) is 0.844. The predicted octanol–water partition coefficient (Wildman–Crippen LogP) is 1.60. The highest BCUT2D eigenvalue weighted by molar-refractivity contribution is 6.18. The van der Waals surface area contributed by atoms with E-state index in [0.717, 1.165) is 18.6 Å². The summed E-state index contributed by atoms with van der Waals surface area (Å²) >= 11 is 5.53. The lowest BCUT2D eigenvalue weighted by molar-refractivity contribution is -0.121. The molecule has 0 aromatic rings. The smallest absolute Gasteiger partial charge is 0.221 e. The standard InChI is InChI=1S/C12H21ClN2O/c1-15-10-2-3-11(15)7-9(6-10)8-14-12(16)4-5-13/h9-11H,2-8H2,1H3,(H,14,16). The number of hydrogen-bond acceptors (Lipinski definition) is 2. The zero-order valence-corrected chi connectivity index (χ0v) is 10.7. The Hall–Kier alpha value is -0.280. The van der Waals surface area contributed by atoms with Crippen molar-refractivity contribution in [3.63, 3.8) is 0 Å². The summed E-state index contributed by atoms with van der Waals surface area (Å²) in [6, 6.07) is 1.52. The topological polar surface area (TPSA) is 32.3 Å². The number of carbonyl (C=O) groups excluding carboxylic acids is 1. The van der Waals surface area contributed by atoms with Crippen LogP contribution in [0.15, 0.2) is 0 Å². The van der Waals surface area contributed by atoms with Crippen LogP contribution in [-0.2, 0) is 4.79 Å². The van der Waals surface area contributed by atoms with Crippen LogP contribution in [0.4, 0.5) is 0 Å². The zero-order chi connectivity index (χ0) is 11.5. The lowest BCUT2D eigenvalue weighted by Gasteiger charge is -2.36. The Labute approximate surface area is 103 Å². The molecule has 0 spiro atoms. The number of fused-ring (bicyclic) bond motifs is 2. The van der Waals surface area contributed by atoms with Crippen molar-refractivity contribution in [1.82, 2.24) is 10.2 Å². The fourth-order valence-electron chi connectivity index (χ4n) is 3.12. The van der Waals surface area contributed by atoms with Gasteiger partial charge in [-0.2, -0.15) is 0 Å². The van der Waals surface area contributed by atoms with Crippen LogP contribution < -0.4 is 5.32 Å². The molecule has 1 amide bonds. The SMILES string of the molecule is CN1C2CCC1CC(CNC(=O)CCCl)C2. The third-order valence-corrected chi connectivity index (χ3v) is 4.29. The molecule has 92 valence electrons. The molecule has 2 atom stereocenters. The Balaban J connectivity index is 1.74. The third-order valence-electron chi connectivity index (χ3n) is 4.11. The Kier molecular flexibility index (Phi) is 4.09. The molecular weight excluding hydrogens is 224 g/mol. The minimum Gasteiger partial charge on any atom is -0.356 e. The summed E-state index contributed by atoms with van der Waals surface area (Å²) in [5, 5.41) is 3.00. The van der Waals surface area contributed by atoms with Crippen LogP contribution in [0.25, 0.3) is 0 Å². The molecule has 2 rings (SSSR count). The second kappa shape index (κ2) is 5.37. The second-order valence-electron chi connectivity index (χ2n) is 5.13. The first-order chi connectivity index (χ1) is 7.70. The minimum atomic E-state index is 0.0984. The van der Waals surface area contributed by atoms with E-state index in [-0.39, 0.29) is 5.91 Å². The third kappa shape index (κ3) is 2.69. The molecule has 2 unspecified atom stereocenters. The quantitative estimate of drug-likeness (QED) is 0.762. The predicted molar refractivity (Wildman–Crippen MR) is 65.6 cm³/mol. The minimum absolute atomic E-state index is 0.0984. The maximum absolute atomic E-state index is 11.3. The summed E-state index contributed by atoms with van der Waals surface area (Å²) in [4.78, 5) is 13.8. The fourth-order valence-corrected chi connectivity index (χ4v) is 3.29. The number of hydrogen-bond donors (Lipinski definition) is 1. The molecule has 0 aromatic carbocycles. The van der Waals surface area contributed by atoms with Crippen molar-refractivity contribution < 1.29 is 4.79 Å². The van der Waals surface area contributed by atoms with E-state index in [1.807, 2.05) is 0 Å². The molecule has 4 heteroatoms. The first-order valence-electron chi connectivity index (χ1n) is 6.25. The van der Waals surface area contributed by atoms with Crippen molar-refractivity contribution in [3.05, 3.63) is 0 Å². The normalized spacial score (nSPS) is 34.0. The molecular formula is C12H21ClN2O. The van der Waals surface area contributed by atoms with E-state index in [0.29, 0.717) is 18.2 Å². The van der Waals surface area contributed by atoms with Gasteiger partial charge in [-0.25, -0.2) is 0 Å². The van der Waals surface area contributed by atoms with Crippen LogP contribution in [-0.4, -0.2) is 42.4 Å². The van der Waals surface area contributed by atoms with E-state index in [9.17, 15) is 4.79 Å². The molecule has 0 radical (unpaired) electrons. The van der Waals surface area contributed by atoms with Crippen LogP contribution in [0.2, 0.25) is 0 Å². The molecule has 3 nitrogen and oxygen atoms in total. The van der Waals surface area contributed by atoms with Gasteiger partial charge in [0.15, 0.2) is 0 Å². The van der Waals surface area contributed by atoms with E-state index in [2.05, 4.69) is 17.3 Å². The van der Waals surface area contributed by atoms with Crippen molar-refractivity contribution in [3.8, 4) is 0 Å². The average molecular weight is 245 g/mol. The van der Waals surface area contributed by atoms with Gasteiger partial charge in [-0.05, 0) is 38.6 Å². The molecule has 2 bridgehead atoms. The van der Waals surface area contributed by atoms with E-state index in [1.165, 1.54) is 25.7 Å². The van der Waals surface area contributed by atoms with Crippen LogP contribution in [0.5, 0.6) is 0 Å². The number of alkyl halides is 1. The van der Waals surface area contributed by atoms with Crippen molar-refractivity contribution in [2.24, 2.45) is 5.92 Å². The van der Waals surface area contributed by atoms with E-state index in [4.69, 9.17) is 11.6 Å². The summed E-state index contributed by atoms with van der Waals surface area (Å²) in [7, 11) is 2.24. The number of rotatable bonds is 4. The highest BCUT2D eigenvalue weighted by atomic mass is 35.5. The van der Waals surface area contributed by atoms with Crippen LogP contribution in [0.3, 0.4) is 0 Å². The summed E-state index contributed by atoms with van der Waals surface area (Å²) < 4.78 is 0. The Morgan fingerprint density at radius 1 is 1.38 bits per heavy atom. The molecule has 2 aliphatic rings. The van der Waals surface area contributed by atoms with Gasteiger partial charge in [-0.3, -0.25) is 4.79 Å². The highest BCUT2D eigenvalue weighted by Crippen LogP contribution is 2.36. The van der Waals surface area contributed by atoms with Gasteiger partial charge >= 0.3 is 0 Å². The lowest BCUT2D eigenvalue weighted by atomic mass is 9.91. The van der Waals surface area contributed by atoms with Crippen molar-refractivity contribution in [2.75, 3.05) is 19.5 Å². The van der Waals surface area contributed by atoms with Crippen LogP contribution in [0, 0.1) is 5.92 Å². The molecule has 2 heterocycles. The summed E-state index contributed by atoms with van der Waals surface area (Å²) in [5.74, 6) is 1.19. The summed E-state index contributed by atoms with van der Waals surface area (Å²) in [6.07, 6.45) is 5.62. The Morgan fingerprint density at radius 2 is 2.00 bits per heavy atom. The second-order valence-corrected chi connectivity index (χ2v) is 5.51. The van der Waals surface area contributed by atoms with Crippen molar-refractivity contribution in [1.29, 1.82) is 0 Å². The molecule has 0 aliphatic carbocycles. The van der Waals surface area contributed by atoms with E-state index >= 15 is 0 Å². The number of amides is 1. The largest absolute Gasteiger partial charge is 0.356 e. The lowest BCUT2D eigenvalue weighted by Crippen LogP contribution is -2.43. The first-order valence-corrected chi connectivity index (χ1v) is 6.78. The Bertz CT molecular complexity index is 245. The average Bonchev–Trinajstić information content (AvgIpc) is 2.52. The maximum atomic E-state index is 11.3. The first kappa shape index (κ1) is 12.2. The highest BCUT2D eigenvalue weighted by Gasteiger charge is 2.38. The summed E-state index contributed by atoms with van der Waals surface area (Å²) in [5.41, 5.74) is 0. The van der Waals surface area contributed by atoms with Crippen LogP contribution >= 0.6 is 11.6 Å². The van der Waals surface area contributed by atoms with E-state index < -0.39 is 0 Å². The van der Waals surface area contributed by atoms with Gasteiger partial charge in [-0.15, -0.1) is 11.6 Å². The van der Waals surface area contributed by atoms with Gasteiger partial charge in [0.1, 0.15) is 0 Å². The molecule has 2 saturated heterocycles. The molecule has 2 fully saturated rings. The van der Waals surface area contributed by atoms with Gasteiger partial charge in [0.05, 0.1) is 0 Å². The van der Waals surface area contributed by atoms with Gasteiger partial charge in [0.2, 0.25) is 5.91 Å². The number of carbonyl (C=O) groups is 1. The van der Waals surface area contributed by atoms with Gasteiger partial charge in [0, 0.05) is 30.9 Å². The monoisotopic (exact) mass is 244 g/mol.